The summed E-state index contributed by atoms with van der Waals surface area (Å²) in [5, 5.41) is 5.30. The molecule has 0 unspecified atom stereocenters. The van der Waals surface area contributed by atoms with E-state index in [1.807, 2.05) is 54.6 Å². The second-order valence-electron chi connectivity index (χ2n) is 4.11. The average molecular weight is 252 g/mol. The number of para-hydroxylation sites is 1. The lowest BCUT2D eigenvalue weighted by atomic mass is 10.1. The van der Waals surface area contributed by atoms with Gasteiger partial charge in [0.05, 0.1) is 12.6 Å². The molecule has 0 aliphatic rings. The highest BCUT2D eigenvalue weighted by Gasteiger charge is 2.16. The summed E-state index contributed by atoms with van der Waals surface area (Å²) in [4.78, 5) is 11.8. The molecule has 3 aromatic rings. The van der Waals surface area contributed by atoms with Crippen LogP contribution in [0.2, 0.25) is 0 Å². The Kier molecular flexibility index (Phi) is 2.76. The van der Waals surface area contributed by atoms with Gasteiger partial charge in [-0.2, -0.15) is 9.78 Å². The molecule has 94 valence electrons. The Morgan fingerprint density at radius 1 is 1.05 bits per heavy atom. The number of carbonyl (C=O) groups excluding carboxylic acids is 1. The van der Waals surface area contributed by atoms with Gasteiger partial charge in [0.25, 0.3) is 0 Å². The number of nitrogens with zero attached hydrogens (tertiary/aromatic N) is 2. The zero-order valence-corrected chi connectivity index (χ0v) is 10.4. The van der Waals surface area contributed by atoms with Crippen LogP contribution < -0.4 is 0 Å². The predicted octanol–water partition coefficient (Wildman–Crippen LogP) is 3.32. The number of ether oxygens (including phenoxy) is 1. The summed E-state index contributed by atoms with van der Waals surface area (Å²) in [5.41, 5.74) is 2.50. The van der Waals surface area contributed by atoms with E-state index in [0.29, 0.717) is 0 Å². The molecule has 0 atom stereocenters. The van der Waals surface area contributed by atoms with Crippen molar-refractivity contribution in [3.63, 3.8) is 0 Å². The van der Waals surface area contributed by atoms with E-state index >= 15 is 0 Å². The van der Waals surface area contributed by atoms with Crippen LogP contribution in [0.3, 0.4) is 0 Å². The van der Waals surface area contributed by atoms with E-state index in [1.54, 1.807) is 0 Å². The van der Waals surface area contributed by atoms with Gasteiger partial charge in [0.2, 0.25) is 0 Å². The summed E-state index contributed by atoms with van der Waals surface area (Å²) in [6, 6.07) is 17.4. The summed E-state index contributed by atoms with van der Waals surface area (Å²) in [7, 11) is 1.35. The molecule has 0 aliphatic carbocycles. The molecular formula is C15H12N2O2. The van der Waals surface area contributed by atoms with E-state index in [0.717, 1.165) is 22.2 Å². The molecule has 1 heterocycles. The minimum Gasteiger partial charge on any atom is -0.451 e. The molecule has 0 radical (unpaired) electrons. The van der Waals surface area contributed by atoms with Gasteiger partial charge >= 0.3 is 6.09 Å². The molecule has 0 N–H and O–H groups in total. The van der Waals surface area contributed by atoms with Crippen molar-refractivity contribution in [1.82, 2.24) is 9.78 Å². The number of fused-ring (bicyclic) bond motifs is 1. The smallest absolute Gasteiger partial charge is 0.434 e. The largest absolute Gasteiger partial charge is 0.451 e. The minimum atomic E-state index is -0.488. The van der Waals surface area contributed by atoms with E-state index in [4.69, 9.17) is 4.74 Å². The van der Waals surface area contributed by atoms with Gasteiger partial charge in [0.1, 0.15) is 5.69 Å². The normalized spacial score (nSPS) is 10.6. The molecule has 0 saturated heterocycles. The maximum atomic E-state index is 11.8. The van der Waals surface area contributed by atoms with Crippen LogP contribution in [-0.4, -0.2) is 23.0 Å². The first kappa shape index (κ1) is 11.5. The van der Waals surface area contributed by atoms with E-state index in [2.05, 4.69) is 5.10 Å². The fourth-order valence-electron chi connectivity index (χ4n) is 2.10. The molecule has 4 nitrogen and oxygen atoms in total. The summed E-state index contributed by atoms with van der Waals surface area (Å²) >= 11 is 0. The van der Waals surface area contributed by atoms with Crippen molar-refractivity contribution in [3.05, 3.63) is 54.6 Å². The van der Waals surface area contributed by atoms with Crippen molar-refractivity contribution < 1.29 is 9.53 Å². The van der Waals surface area contributed by atoms with Gasteiger partial charge in [0.15, 0.2) is 0 Å². The Morgan fingerprint density at radius 3 is 2.47 bits per heavy atom. The highest BCUT2D eigenvalue weighted by atomic mass is 16.5. The van der Waals surface area contributed by atoms with Gasteiger partial charge < -0.3 is 4.74 Å². The maximum absolute atomic E-state index is 11.8. The van der Waals surface area contributed by atoms with Crippen LogP contribution in [0.15, 0.2) is 54.6 Å². The first-order chi connectivity index (χ1) is 9.31. The van der Waals surface area contributed by atoms with Crippen LogP contribution >= 0.6 is 0 Å². The third-order valence-electron chi connectivity index (χ3n) is 2.98. The quantitative estimate of drug-likeness (QED) is 0.667. The fraction of sp³-hybridized carbons (Fsp3) is 0.0667. The first-order valence-corrected chi connectivity index (χ1v) is 5.93. The standard InChI is InChI=1S/C15H12N2O2/c1-19-15(18)17-13-10-6-5-9-12(13)14(16-17)11-7-3-2-4-8-11/h2-10H,1H3. The summed E-state index contributed by atoms with van der Waals surface area (Å²) < 4.78 is 6.04. The van der Waals surface area contributed by atoms with Gasteiger partial charge in [-0.3, -0.25) is 0 Å². The molecule has 4 heteroatoms. The number of carbonyl (C=O) groups is 1. The molecule has 1 aromatic heterocycles. The van der Waals surface area contributed by atoms with Gasteiger partial charge in [-0.1, -0.05) is 48.5 Å². The first-order valence-electron chi connectivity index (χ1n) is 5.93. The van der Waals surface area contributed by atoms with Gasteiger partial charge in [-0.05, 0) is 6.07 Å². The molecule has 0 fully saturated rings. The fourth-order valence-corrected chi connectivity index (χ4v) is 2.10. The monoisotopic (exact) mass is 252 g/mol. The van der Waals surface area contributed by atoms with E-state index in [9.17, 15) is 4.79 Å². The Morgan fingerprint density at radius 2 is 1.74 bits per heavy atom. The third kappa shape index (κ3) is 1.87. The van der Waals surface area contributed by atoms with Gasteiger partial charge in [-0.25, -0.2) is 4.79 Å². The lowest BCUT2D eigenvalue weighted by molar-refractivity contribution is 0.170. The van der Waals surface area contributed by atoms with E-state index < -0.39 is 6.09 Å². The molecule has 0 amide bonds. The van der Waals surface area contributed by atoms with Crippen LogP contribution in [0.1, 0.15) is 0 Å². The minimum absolute atomic E-state index is 0.488. The number of rotatable bonds is 1. The Bertz CT molecular complexity index is 732. The van der Waals surface area contributed by atoms with Crippen LogP contribution in [-0.2, 0) is 4.74 Å². The van der Waals surface area contributed by atoms with Crippen molar-refractivity contribution in [2.75, 3.05) is 7.11 Å². The predicted molar refractivity (Wildman–Crippen MR) is 73.0 cm³/mol. The molecule has 0 aliphatic heterocycles. The van der Waals surface area contributed by atoms with Crippen LogP contribution in [0, 0.1) is 0 Å². The van der Waals surface area contributed by atoms with Crippen molar-refractivity contribution >= 4 is 17.0 Å². The summed E-state index contributed by atoms with van der Waals surface area (Å²) in [5.74, 6) is 0. The van der Waals surface area contributed by atoms with E-state index in [1.165, 1.54) is 11.8 Å². The molecule has 0 saturated carbocycles. The number of hydrogen-bond acceptors (Lipinski definition) is 3. The van der Waals surface area contributed by atoms with Crippen molar-refractivity contribution in [3.8, 4) is 11.3 Å². The lowest BCUT2D eigenvalue weighted by Crippen LogP contribution is -2.12. The highest BCUT2D eigenvalue weighted by Crippen LogP contribution is 2.27. The van der Waals surface area contributed by atoms with Crippen molar-refractivity contribution in [2.45, 2.75) is 0 Å². The summed E-state index contributed by atoms with van der Waals surface area (Å²) in [6.45, 7) is 0. The maximum Gasteiger partial charge on any atom is 0.434 e. The van der Waals surface area contributed by atoms with Gasteiger partial charge in [0, 0.05) is 10.9 Å². The SMILES string of the molecule is COC(=O)n1nc(-c2ccccc2)c2ccccc21. The Labute approximate surface area is 110 Å². The second-order valence-corrected chi connectivity index (χ2v) is 4.11. The lowest BCUT2D eigenvalue weighted by Gasteiger charge is -1.98. The summed E-state index contributed by atoms with van der Waals surface area (Å²) in [6.07, 6.45) is -0.488. The van der Waals surface area contributed by atoms with Crippen molar-refractivity contribution in [2.24, 2.45) is 0 Å². The second kappa shape index (κ2) is 4.57. The number of hydrogen-bond donors (Lipinski definition) is 0. The number of aromatic nitrogens is 2. The van der Waals surface area contributed by atoms with E-state index in [-0.39, 0.29) is 0 Å². The Hall–Kier alpha value is -2.62. The molecule has 19 heavy (non-hydrogen) atoms. The molecule has 0 bridgehead atoms. The molecule has 2 aromatic carbocycles. The Balaban J connectivity index is 2.29. The molecule has 3 rings (SSSR count). The average Bonchev–Trinajstić information content (AvgIpc) is 2.87. The zero-order valence-electron chi connectivity index (χ0n) is 10.4. The van der Waals surface area contributed by atoms with Crippen molar-refractivity contribution in [1.29, 1.82) is 0 Å². The van der Waals surface area contributed by atoms with Crippen LogP contribution in [0.25, 0.3) is 22.2 Å². The number of benzene rings is 2. The molecular weight excluding hydrogens is 240 g/mol. The van der Waals surface area contributed by atoms with Crippen LogP contribution in [0.4, 0.5) is 4.79 Å². The number of methoxy groups -OCH3 is 1. The zero-order chi connectivity index (χ0) is 13.2. The third-order valence-corrected chi connectivity index (χ3v) is 2.98. The molecule has 0 spiro atoms. The highest BCUT2D eigenvalue weighted by molar-refractivity contribution is 5.97. The topological polar surface area (TPSA) is 44.1 Å². The van der Waals surface area contributed by atoms with Crippen LogP contribution in [0.5, 0.6) is 0 Å². The van der Waals surface area contributed by atoms with Gasteiger partial charge in [-0.15, -0.1) is 0 Å².